The van der Waals surface area contributed by atoms with Crippen LogP contribution in [0.2, 0.25) is 0 Å². The molecule has 346 valence electrons. The highest BCUT2D eigenvalue weighted by Gasteiger charge is 2.20. The van der Waals surface area contributed by atoms with E-state index in [0.29, 0.717) is 37.7 Å². The van der Waals surface area contributed by atoms with Crippen LogP contribution in [0.15, 0.2) is 11.4 Å². The van der Waals surface area contributed by atoms with Crippen LogP contribution in [0.25, 0.3) is 0 Å². The lowest BCUT2D eigenvalue weighted by molar-refractivity contribution is -0.150. The molecule has 0 unspecified atom stereocenters. The largest absolute Gasteiger partial charge is 0.465 e. The summed E-state index contributed by atoms with van der Waals surface area (Å²) in [5.74, 6) is 0.514. The Kier molecular flexibility index (Phi) is 37.2. The molecule has 1 heterocycles. The van der Waals surface area contributed by atoms with Gasteiger partial charge in [-0.15, -0.1) is 0 Å². The Morgan fingerprint density at radius 3 is 1.63 bits per heavy atom. The summed E-state index contributed by atoms with van der Waals surface area (Å²) >= 11 is 0. The van der Waals surface area contributed by atoms with Gasteiger partial charge in [0.1, 0.15) is 18.4 Å². The summed E-state index contributed by atoms with van der Waals surface area (Å²) in [6, 6.07) is 0. The molecule has 0 spiro atoms. The van der Waals surface area contributed by atoms with Crippen molar-refractivity contribution in [3.8, 4) is 0 Å². The second-order valence-electron chi connectivity index (χ2n) is 17.5. The number of ether oxygens (including phenoxy) is 3. The van der Waals surface area contributed by atoms with E-state index in [2.05, 4.69) is 43.2 Å². The molecular weight excluding hydrogens is 739 g/mol. The second-order valence-corrected chi connectivity index (χ2v) is 17.5. The number of nitrogens with one attached hydrogen (secondary N) is 2. The van der Waals surface area contributed by atoms with Crippen LogP contribution in [-0.2, 0) is 28.6 Å². The van der Waals surface area contributed by atoms with Crippen LogP contribution in [0.4, 0.5) is 0 Å². The molecule has 59 heavy (non-hydrogen) atoms. The first-order valence-corrected chi connectivity index (χ1v) is 25.2. The molecule has 1 aliphatic heterocycles. The van der Waals surface area contributed by atoms with Gasteiger partial charge in [0.2, 0.25) is 5.78 Å². The molecule has 0 aliphatic carbocycles. The number of hydrogen-bond acceptors (Lipinski definition) is 9. The zero-order valence-electron chi connectivity index (χ0n) is 39.4. The predicted octanol–water partition coefficient (Wildman–Crippen LogP) is 12.2. The van der Waals surface area contributed by atoms with Crippen LogP contribution in [0.5, 0.6) is 0 Å². The van der Waals surface area contributed by atoms with Gasteiger partial charge in [-0.3, -0.25) is 14.4 Å². The summed E-state index contributed by atoms with van der Waals surface area (Å²) in [6.45, 7) is 14.0. The van der Waals surface area contributed by atoms with E-state index >= 15 is 0 Å². The van der Waals surface area contributed by atoms with Gasteiger partial charge in [-0.2, -0.15) is 0 Å². The third kappa shape index (κ3) is 31.4. The highest BCUT2D eigenvalue weighted by molar-refractivity contribution is 5.97. The maximum atomic E-state index is 12.7. The second kappa shape index (κ2) is 40.0. The lowest BCUT2D eigenvalue weighted by Crippen LogP contribution is -2.36. The Morgan fingerprint density at radius 1 is 0.593 bits per heavy atom. The zero-order chi connectivity index (χ0) is 43.0. The normalized spacial score (nSPS) is 13.3. The van der Waals surface area contributed by atoms with E-state index in [9.17, 15) is 14.4 Å². The molecule has 0 amide bonds. The fourth-order valence-corrected chi connectivity index (χ4v) is 8.15. The van der Waals surface area contributed by atoms with Crippen molar-refractivity contribution in [1.29, 1.82) is 0 Å². The molecule has 0 aromatic heterocycles. The number of hydrogen-bond donors (Lipinski definition) is 2. The molecule has 0 saturated heterocycles. The smallest absolute Gasteiger partial charge is 0.306 e. The van der Waals surface area contributed by atoms with Gasteiger partial charge in [-0.25, -0.2) is 0 Å². The van der Waals surface area contributed by atoms with Gasteiger partial charge in [0.15, 0.2) is 0 Å². The molecule has 0 fully saturated rings. The molecule has 0 aromatic carbocycles. The lowest BCUT2D eigenvalue weighted by atomic mass is 9.96. The number of rotatable bonds is 43. The summed E-state index contributed by atoms with van der Waals surface area (Å²) < 4.78 is 17.1. The van der Waals surface area contributed by atoms with Gasteiger partial charge in [-0.05, 0) is 96.2 Å². The van der Waals surface area contributed by atoms with Gasteiger partial charge >= 0.3 is 11.9 Å². The van der Waals surface area contributed by atoms with Crippen LogP contribution in [0.3, 0.4) is 0 Å². The van der Waals surface area contributed by atoms with Crippen LogP contribution < -0.4 is 10.6 Å². The van der Waals surface area contributed by atoms with E-state index in [4.69, 9.17) is 14.2 Å². The Hall–Kier alpha value is -2.13. The molecule has 0 saturated carbocycles. The maximum Gasteiger partial charge on any atom is 0.306 e. The Balaban J connectivity index is 2.44. The van der Waals surface area contributed by atoms with Crippen molar-refractivity contribution < 1.29 is 28.6 Å². The number of carbonyl (C=O) groups is 3. The Morgan fingerprint density at radius 2 is 1.07 bits per heavy atom. The number of Topliss-reactive ketones (excluding diaryl/α,β-unsaturated/α-hetero) is 1. The van der Waals surface area contributed by atoms with Crippen molar-refractivity contribution in [2.24, 2.45) is 5.92 Å². The fraction of sp³-hybridized carbons (Fsp3) is 0.900. The predicted molar refractivity (Wildman–Crippen MR) is 247 cm³/mol. The minimum atomic E-state index is -0.0178. The van der Waals surface area contributed by atoms with E-state index in [1.807, 2.05) is 7.05 Å². The van der Waals surface area contributed by atoms with Crippen LogP contribution in [0, 0.1) is 5.92 Å². The fourth-order valence-electron chi connectivity index (χ4n) is 8.15. The molecular formula is C50H95N3O6. The first kappa shape index (κ1) is 54.9. The monoisotopic (exact) mass is 834 g/mol. The van der Waals surface area contributed by atoms with Crippen molar-refractivity contribution in [3.63, 3.8) is 0 Å². The molecule has 9 nitrogen and oxygen atoms in total. The average molecular weight is 834 g/mol. The Labute approximate surface area is 364 Å². The molecule has 0 radical (unpaired) electrons. The maximum absolute atomic E-state index is 12.7. The lowest BCUT2D eigenvalue weighted by Gasteiger charge is -2.24. The van der Waals surface area contributed by atoms with Crippen LogP contribution in [0.1, 0.15) is 227 Å². The van der Waals surface area contributed by atoms with Gasteiger partial charge in [0, 0.05) is 26.4 Å². The van der Waals surface area contributed by atoms with Gasteiger partial charge in [0.25, 0.3) is 0 Å². The van der Waals surface area contributed by atoms with Crippen molar-refractivity contribution >= 4 is 17.7 Å². The highest BCUT2D eigenvalue weighted by Crippen LogP contribution is 2.20. The van der Waals surface area contributed by atoms with Crippen LogP contribution >= 0.6 is 0 Å². The summed E-state index contributed by atoms with van der Waals surface area (Å²) in [7, 11) is 1.83. The molecule has 1 rings (SSSR count). The van der Waals surface area contributed by atoms with Gasteiger partial charge in [-0.1, -0.05) is 143 Å². The summed E-state index contributed by atoms with van der Waals surface area (Å²) in [5, 5.41) is 6.50. The third-order valence-electron chi connectivity index (χ3n) is 12.0. The first-order chi connectivity index (χ1) is 28.9. The number of unbranched alkanes of at least 4 members (excludes halogenated alkanes) is 18. The van der Waals surface area contributed by atoms with Crippen molar-refractivity contribution in [1.82, 2.24) is 15.5 Å². The number of esters is 2. The van der Waals surface area contributed by atoms with Crippen molar-refractivity contribution in [2.45, 2.75) is 233 Å². The number of carbonyl (C=O) groups excluding carboxylic acids is 3. The van der Waals surface area contributed by atoms with Crippen molar-refractivity contribution in [3.05, 3.63) is 11.4 Å². The van der Waals surface area contributed by atoms with Crippen molar-refractivity contribution in [2.75, 3.05) is 53.0 Å². The minimum Gasteiger partial charge on any atom is -0.465 e. The van der Waals surface area contributed by atoms with E-state index < -0.39 is 0 Å². The topological polar surface area (TPSA) is 106 Å². The zero-order valence-corrected chi connectivity index (χ0v) is 39.4. The molecule has 0 aromatic rings. The van der Waals surface area contributed by atoms with E-state index in [1.165, 1.54) is 103 Å². The van der Waals surface area contributed by atoms with Gasteiger partial charge < -0.3 is 29.7 Å². The quantitative estimate of drug-likeness (QED) is 0.0459. The number of ketones is 1. The summed E-state index contributed by atoms with van der Waals surface area (Å²) in [6.07, 6.45) is 34.7. The standard InChI is InChI=1S/C50H95N3O6/c1-6-10-14-24-33-45(34-25-15-11-7-2)59-49(56)36-27-19-17-21-29-39-53(40-30-37-52-50-46(51-5)42-57-43-47(50)54)38-28-20-16-18-26-35-48(55)58-41-44(31-22-12-8-3)32-23-13-9-4/h44-45,51-52H,6-43H2,1-5H3. The Bertz CT molecular complexity index is 1030. The molecule has 1 aliphatic rings. The molecule has 0 atom stereocenters. The third-order valence-corrected chi connectivity index (χ3v) is 12.0. The summed E-state index contributed by atoms with van der Waals surface area (Å²) in [5.41, 5.74) is 1.50. The van der Waals surface area contributed by atoms with E-state index in [1.54, 1.807) is 0 Å². The summed E-state index contributed by atoms with van der Waals surface area (Å²) in [4.78, 5) is 40.3. The number of nitrogens with zero attached hydrogens (tertiary/aromatic N) is 1. The average Bonchev–Trinajstić information content (AvgIpc) is 3.23. The molecule has 9 heteroatoms. The van der Waals surface area contributed by atoms with E-state index in [-0.39, 0.29) is 30.4 Å². The van der Waals surface area contributed by atoms with E-state index in [0.717, 1.165) is 115 Å². The minimum absolute atomic E-state index is 0.000211. The molecule has 0 bridgehead atoms. The molecule has 2 N–H and O–H groups in total. The highest BCUT2D eigenvalue weighted by atomic mass is 16.5. The number of likely N-dealkylation sites (N-methyl/N-ethyl adjacent to an activating group) is 1. The SMILES string of the molecule is CCCCCCC(CCCCCC)OC(=O)CCCCCCCN(CCCCCCCC(=O)OCC(CCCCC)CCCCC)CCCNC1=C(NC)COCC1=O. The van der Waals surface area contributed by atoms with Crippen LogP contribution in [-0.4, -0.2) is 81.8 Å². The van der Waals surface area contributed by atoms with Gasteiger partial charge in [0.05, 0.1) is 18.9 Å². The first-order valence-electron chi connectivity index (χ1n) is 25.2.